The lowest BCUT2D eigenvalue weighted by atomic mass is 10.1. The van der Waals surface area contributed by atoms with Crippen molar-refractivity contribution in [3.8, 4) is 17.2 Å². The molecule has 0 aliphatic heterocycles. The predicted octanol–water partition coefficient (Wildman–Crippen LogP) is 5.93. The molecule has 0 bridgehead atoms. The Balaban J connectivity index is 1.46. The van der Waals surface area contributed by atoms with Gasteiger partial charge in [0.15, 0.2) is 0 Å². The van der Waals surface area contributed by atoms with E-state index in [-0.39, 0.29) is 11.4 Å². The Labute approximate surface area is 185 Å². The van der Waals surface area contributed by atoms with Gasteiger partial charge in [0.25, 0.3) is 0 Å². The van der Waals surface area contributed by atoms with Gasteiger partial charge in [-0.1, -0.05) is 30.3 Å². The van der Waals surface area contributed by atoms with Crippen LogP contribution >= 0.6 is 12.6 Å². The number of ether oxygens (including phenoxy) is 2. The van der Waals surface area contributed by atoms with E-state index in [0.29, 0.717) is 18.9 Å². The zero-order chi connectivity index (χ0) is 21.3. The van der Waals surface area contributed by atoms with E-state index < -0.39 is 0 Å². The first kappa shape index (κ1) is 22.4. The largest absolute Gasteiger partial charge is 0.493 e. The maximum atomic E-state index is 5.91. The van der Waals surface area contributed by atoms with Crippen LogP contribution in [0, 0.1) is 6.92 Å². The summed E-state index contributed by atoms with van der Waals surface area (Å²) in [5.74, 6) is 2.37. The molecule has 0 radical (unpaired) electrons. The second kappa shape index (κ2) is 11.2. The monoisotopic (exact) mass is 425 g/mol. The molecule has 2 unspecified atom stereocenters. The van der Waals surface area contributed by atoms with E-state index in [1.165, 1.54) is 5.56 Å². The second-order valence-corrected chi connectivity index (χ2v) is 8.06. The van der Waals surface area contributed by atoms with E-state index in [4.69, 9.17) is 13.9 Å². The molecule has 2 atom stereocenters. The summed E-state index contributed by atoms with van der Waals surface area (Å²) in [5, 5.41) is 0.243. The number of aryl methyl sites for hydroxylation is 2. The fraction of sp³-hybridized carbons (Fsp3) is 0.400. The molecular formula is C25H31NO3S. The summed E-state index contributed by atoms with van der Waals surface area (Å²) in [7, 11) is 0. The molecule has 0 saturated heterocycles. The molecule has 5 heteroatoms. The second-order valence-electron chi connectivity index (χ2n) is 7.40. The fourth-order valence-electron chi connectivity index (χ4n) is 3.31. The van der Waals surface area contributed by atoms with Crippen molar-refractivity contribution < 1.29 is 13.9 Å². The minimum absolute atomic E-state index is 0.170. The number of oxazole rings is 1. The van der Waals surface area contributed by atoms with Crippen LogP contribution in [-0.4, -0.2) is 29.6 Å². The van der Waals surface area contributed by atoms with E-state index in [1.54, 1.807) is 0 Å². The normalized spacial score (nSPS) is 13.2. The Morgan fingerprint density at radius 2 is 1.77 bits per heavy atom. The summed E-state index contributed by atoms with van der Waals surface area (Å²) >= 11 is 4.66. The van der Waals surface area contributed by atoms with Crippen molar-refractivity contribution in [1.29, 1.82) is 0 Å². The van der Waals surface area contributed by atoms with Crippen molar-refractivity contribution in [2.75, 3.05) is 13.2 Å². The fourth-order valence-corrected chi connectivity index (χ4v) is 3.52. The van der Waals surface area contributed by atoms with Crippen LogP contribution in [0.15, 0.2) is 59.0 Å². The summed E-state index contributed by atoms with van der Waals surface area (Å²) in [4.78, 5) is 4.63. The minimum Gasteiger partial charge on any atom is -0.493 e. The van der Waals surface area contributed by atoms with Crippen LogP contribution in [0.1, 0.15) is 37.3 Å². The third kappa shape index (κ3) is 6.38. The molecule has 4 nitrogen and oxygen atoms in total. The molecule has 0 spiro atoms. The van der Waals surface area contributed by atoms with Gasteiger partial charge in [0.1, 0.15) is 11.5 Å². The maximum absolute atomic E-state index is 5.91. The lowest BCUT2D eigenvalue weighted by molar-refractivity contribution is 0.0736. The molecule has 0 aliphatic carbocycles. The van der Waals surface area contributed by atoms with Crippen LogP contribution < -0.4 is 4.74 Å². The van der Waals surface area contributed by atoms with E-state index >= 15 is 0 Å². The summed E-state index contributed by atoms with van der Waals surface area (Å²) in [6, 6.07) is 18.2. The first-order valence-corrected chi connectivity index (χ1v) is 11.1. The highest BCUT2D eigenvalue weighted by Crippen LogP contribution is 2.22. The maximum Gasteiger partial charge on any atom is 0.226 e. The SMILES string of the molecule is CCOC(C)C(S)CCc1ccc(OCCc2nc(-c3ccccc3)oc2C)cc1. The Morgan fingerprint density at radius 3 is 2.47 bits per heavy atom. The molecule has 0 fully saturated rings. The number of benzene rings is 2. The number of hydrogen-bond acceptors (Lipinski definition) is 5. The first-order valence-electron chi connectivity index (χ1n) is 10.6. The zero-order valence-electron chi connectivity index (χ0n) is 18.0. The smallest absolute Gasteiger partial charge is 0.226 e. The van der Waals surface area contributed by atoms with Crippen LogP contribution in [0.4, 0.5) is 0 Å². The van der Waals surface area contributed by atoms with Crippen LogP contribution in [0.3, 0.4) is 0 Å². The van der Waals surface area contributed by atoms with Crippen molar-refractivity contribution in [2.24, 2.45) is 0 Å². The minimum atomic E-state index is 0.170. The van der Waals surface area contributed by atoms with Gasteiger partial charge >= 0.3 is 0 Å². The average molecular weight is 426 g/mol. The van der Waals surface area contributed by atoms with E-state index in [9.17, 15) is 0 Å². The van der Waals surface area contributed by atoms with Gasteiger partial charge in [-0.2, -0.15) is 12.6 Å². The van der Waals surface area contributed by atoms with Gasteiger partial charge < -0.3 is 13.9 Å². The molecule has 0 N–H and O–H groups in total. The number of thiol groups is 1. The van der Waals surface area contributed by atoms with Gasteiger partial charge in [-0.05, 0) is 63.4 Å². The van der Waals surface area contributed by atoms with Gasteiger partial charge in [-0.25, -0.2) is 4.98 Å². The molecule has 30 heavy (non-hydrogen) atoms. The van der Waals surface area contributed by atoms with Crippen molar-refractivity contribution >= 4 is 12.6 Å². The van der Waals surface area contributed by atoms with Gasteiger partial charge in [-0.15, -0.1) is 0 Å². The molecule has 160 valence electrons. The molecule has 0 aliphatic rings. The predicted molar refractivity (Wildman–Crippen MR) is 125 cm³/mol. The van der Waals surface area contributed by atoms with Crippen LogP contribution in [0.25, 0.3) is 11.5 Å². The van der Waals surface area contributed by atoms with Gasteiger partial charge in [0.05, 0.1) is 18.4 Å². The molecule has 0 saturated carbocycles. The van der Waals surface area contributed by atoms with Crippen molar-refractivity contribution in [1.82, 2.24) is 4.98 Å². The van der Waals surface area contributed by atoms with Gasteiger partial charge in [-0.3, -0.25) is 0 Å². The quantitative estimate of drug-likeness (QED) is 0.387. The zero-order valence-corrected chi connectivity index (χ0v) is 18.9. The highest BCUT2D eigenvalue weighted by atomic mass is 32.1. The van der Waals surface area contributed by atoms with Gasteiger partial charge in [0, 0.05) is 23.8 Å². The summed E-state index contributed by atoms with van der Waals surface area (Å²) in [6.07, 6.45) is 2.84. The molecule has 2 aromatic carbocycles. The summed E-state index contributed by atoms with van der Waals surface area (Å²) in [5.41, 5.74) is 3.21. The molecule has 1 aromatic heterocycles. The first-order chi connectivity index (χ1) is 14.6. The molecule has 0 amide bonds. The summed E-state index contributed by atoms with van der Waals surface area (Å²) < 4.78 is 17.3. The number of rotatable bonds is 11. The van der Waals surface area contributed by atoms with Crippen molar-refractivity contribution in [3.63, 3.8) is 0 Å². The van der Waals surface area contributed by atoms with Crippen LogP contribution in [0.2, 0.25) is 0 Å². The molecule has 1 heterocycles. The third-order valence-corrected chi connectivity index (χ3v) is 5.82. The standard InChI is InChI=1S/C25H31NO3S/c1-4-27-19(3)24(30)15-12-20-10-13-22(14-11-20)28-17-16-23-18(2)29-25(26-23)21-8-6-5-7-9-21/h5-11,13-14,19,24,30H,4,12,15-17H2,1-3H3. The van der Waals surface area contributed by atoms with E-state index in [2.05, 4.69) is 36.7 Å². The Kier molecular flexibility index (Phi) is 8.40. The van der Waals surface area contributed by atoms with Crippen LogP contribution in [-0.2, 0) is 17.6 Å². The van der Waals surface area contributed by atoms with Crippen molar-refractivity contribution in [3.05, 3.63) is 71.6 Å². The van der Waals surface area contributed by atoms with E-state index in [0.717, 1.165) is 42.2 Å². The summed E-state index contributed by atoms with van der Waals surface area (Å²) in [6.45, 7) is 7.33. The molecule has 3 aromatic rings. The Morgan fingerprint density at radius 1 is 1.03 bits per heavy atom. The lowest BCUT2D eigenvalue weighted by Crippen LogP contribution is -2.21. The lowest BCUT2D eigenvalue weighted by Gasteiger charge is -2.19. The highest BCUT2D eigenvalue weighted by molar-refractivity contribution is 7.81. The topological polar surface area (TPSA) is 44.5 Å². The molecule has 3 rings (SSSR count). The van der Waals surface area contributed by atoms with Crippen LogP contribution in [0.5, 0.6) is 5.75 Å². The number of nitrogens with zero attached hydrogens (tertiary/aromatic N) is 1. The highest BCUT2D eigenvalue weighted by Gasteiger charge is 2.13. The molecular weight excluding hydrogens is 394 g/mol. The number of aromatic nitrogens is 1. The number of hydrogen-bond donors (Lipinski definition) is 1. The average Bonchev–Trinajstić information content (AvgIpc) is 3.14. The Hall–Kier alpha value is -2.24. The van der Waals surface area contributed by atoms with Gasteiger partial charge in [0.2, 0.25) is 5.89 Å². The van der Waals surface area contributed by atoms with E-state index in [1.807, 2.05) is 56.3 Å². The third-order valence-electron chi connectivity index (χ3n) is 5.14. The van der Waals surface area contributed by atoms with Crippen molar-refractivity contribution in [2.45, 2.75) is 51.4 Å². The Bertz CT molecular complexity index is 893.